The molecule has 2 heteroatoms. The van der Waals surface area contributed by atoms with Gasteiger partial charge in [0.05, 0.1) is 6.61 Å². The second kappa shape index (κ2) is 4.24. The van der Waals surface area contributed by atoms with Crippen LogP contribution in [0, 0.1) is 5.41 Å². The normalized spacial score (nSPS) is 22.2. The topological polar surface area (TPSA) is 21.3 Å². The second-order valence-corrected chi connectivity index (χ2v) is 4.09. The zero-order valence-electron chi connectivity index (χ0n) is 8.52. The lowest BCUT2D eigenvalue weighted by molar-refractivity contribution is 0.169. The molecular formula is C10H21NO. The van der Waals surface area contributed by atoms with Gasteiger partial charge in [-0.3, -0.25) is 0 Å². The van der Waals surface area contributed by atoms with E-state index in [1.165, 1.54) is 25.8 Å². The van der Waals surface area contributed by atoms with Crippen LogP contribution in [-0.4, -0.2) is 26.3 Å². The Morgan fingerprint density at radius 1 is 1.50 bits per heavy atom. The number of hydrogen-bond donors (Lipinski definition) is 1. The van der Waals surface area contributed by atoms with E-state index in [0.29, 0.717) is 11.5 Å². The van der Waals surface area contributed by atoms with E-state index in [1.54, 1.807) is 7.11 Å². The molecule has 0 aromatic rings. The van der Waals surface area contributed by atoms with Crippen molar-refractivity contribution in [3.63, 3.8) is 0 Å². The largest absolute Gasteiger partial charge is 0.383 e. The van der Waals surface area contributed by atoms with E-state index >= 15 is 0 Å². The lowest BCUT2D eigenvalue weighted by atomic mass is 10.0. The molecule has 72 valence electrons. The highest BCUT2D eigenvalue weighted by molar-refractivity contribution is 4.93. The maximum absolute atomic E-state index is 5.06. The Morgan fingerprint density at radius 3 is 2.58 bits per heavy atom. The van der Waals surface area contributed by atoms with E-state index < -0.39 is 0 Å². The van der Waals surface area contributed by atoms with Crippen molar-refractivity contribution in [2.75, 3.05) is 20.3 Å². The van der Waals surface area contributed by atoms with Crippen LogP contribution >= 0.6 is 0 Å². The Labute approximate surface area is 75.7 Å². The van der Waals surface area contributed by atoms with E-state index in [9.17, 15) is 0 Å². The molecule has 1 atom stereocenters. The van der Waals surface area contributed by atoms with Crippen molar-refractivity contribution in [2.24, 2.45) is 5.41 Å². The van der Waals surface area contributed by atoms with Gasteiger partial charge in [-0.15, -0.1) is 0 Å². The van der Waals surface area contributed by atoms with Crippen LogP contribution in [0.15, 0.2) is 0 Å². The van der Waals surface area contributed by atoms with E-state index in [0.717, 1.165) is 6.61 Å². The Morgan fingerprint density at radius 2 is 2.17 bits per heavy atom. The van der Waals surface area contributed by atoms with E-state index in [4.69, 9.17) is 4.74 Å². The SMILES string of the molecule is CCC1(CNC(C)COC)CC1. The highest BCUT2D eigenvalue weighted by Crippen LogP contribution is 2.47. The maximum atomic E-state index is 5.06. The highest BCUT2D eigenvalue weighted by Gasteiger charge is 2.40. The van der Waals surface area contributed by atoms with Gasteiger partial charge in [-0.05, 0) is 31.6 Å². The molecule has 0 saturated heterocycles. The van der Waals surface area contributed by atoms with Gasteiger partial charge in [0.15, 0.2) is 0 Å². The Hall–Kier alpha value is -0.0800. The van der Waals surface area contributed by atoms with Crippen molar-refractivity contribution in [1.82, 2.24) is 5.32 Å². The molecule has 1 rings (SSSR count). The van der Waals surface area contributed by atoms with Crippen LogP contribution < -0.4 is 5.32 Å². The number of hydrogen-bond acceptors (Lipinski definition) is 2. The summed E-state index contributed by atoms with van der Waals surface area (Å²) in [6.45, 7) is 6.46. The molecule has 12 heavy (non-hydrogen) atoms. The fraction of sp³-hybridized carbons (Fsp3) is 1.00. The van der Waals surface area contributed by atoms with Crippen LogP contribution in [0.25, 0.3) is 0 Å². The predicted molar refractivity (Wildman–Crippen MR) is 51.3 cm³/mol. The molecule has 1 fully saturated rings. The molecule has 1 aliphatic carbocycles. The molecule has 0 spiro atoms. The van der Waals surface area contributed by atoms with Gasteiger partial charge in [0.25, 0.3) is 0 Å². The predicted octanol–water partition coefficient (Wildman–Crippen LogP) is 1.80. The van der Waals surface area contributed by atoms with E-state index in [1.807, 2.05) is 0 Å². The average Bonchev–Trinajstić information content (AvgIpc) is 2.82. The summed E-state index contributed by atoms with van der Waals surface area (Å²) in [5, 5.41) is 3.51. The summed E-state index contributed by atoms with van der Waals surface area (Å²) < 4.78 is 5.06. The lowest BCUT2D eigenvalue weighted by Crippen LogP contribution is -2.34. The van der Waals surface area contributed by atoms with E-state index in [2.05, 4.69) is 19.2 Å². The molecule has 2 nitrogen and oxygen atoms in total. The van der Waals surface area contributed by atoms with Crippen LogP contribution in [0.5, 0.6) is 0 Å². The third-order valence-corrected chi connectivity index (χ3v) is 2.95. The number of ether oxygens (including phenoxy) is 1. The van der Waals surface area contributed by atoms with Crippen LogP contribution in [0.4, 0.5) is 0 Å². The van der Waals surface area contributed by atoms with Crippen LogP contribution in [0.2, 0.25) is 0 Å². The summed E-state index contributed by atoms with van der Waals surface area (Å²) in [5.74, 6) is 0. The smallest absolute Gasteiger partial charge is 0.0613 e. The first-order valence-electron chi connectivity index (χ1n) is 4.95. The third-order valence-electron chi connectivity index (χ3n) is 2.95. The minimum Gasteiger partial charge on any atom is -0.383 e. The molecule has 0 radical (unpaired) electrons. The molecule has 0 aromatic heterocycles. The zero-order valence-corrected chi connectivity index (χ0v) is 8.52. The molecule has 1 saturated carbocycles. The molecule has 0 bridgehead atoms. The van der Waals surface area contributed by atoms with Crippen LogP contribution in [0.1, 0.15) is 33.1 Å². The molecule has 0 amide bonds. The van der Waals surface area contributed by atoms with Crippen LogP contribution in [-0.2, 0) is 4.74 Å². The van der Waals surface area contributed by atoms with Crippen molar-refractivity contribution in [1.29, 1.82) is 0 Å². The summed E-state index contributed by atoms with van der Waals surface area (Å²) in [6, 6.07) is 0.499. The fourth-order valence-electron chi connectivity index (χ4n) is 1.53. The minimum atomic E-state index is 0.499. The van der Waals surface area contributed by atoms with Crippen molar-refractivity contribution < 1.29 is 4.74 Å². The van der Waals surface area contributed by atoms with Gasteiger partial charge in [0.1, 0.15) is 0 Å². The summed E-state index contributed by atoms with van der Waals surface area (Å²) >= 11 is 0. The molecule has 1 N–H and O–H groups in total. The molecular weight excluding hydrogens is 150 g/mol. The second-order valence-electron chi connectivity index (χ2n) is 4.09. The number of rotatable bonds is 6. The van der Waals surface area contributed by atoms with Gasteiger partial charge in [-0.2, -0.15) is 0 Å². The first-order valence-corrected chi connectivity index (χ1v) is 4.95. The van der Waals surface area contributed by atoms with Crippen molar-refractivity contribution in [3.8, 4) is 0 Å². The van der Waals surface area contributed by atoms with Gasteiger partial charge in [0.2, 0.25) is 0 Å². The maximum Gasteiger partial charge on any atom is 0.0613 e. The van der Waals surface area contributed by atoms with Crippen molar-refractivity contribution >= 4 is 0 Å². The van der Waals surface area contributed by atoms with Gasteiger partial charge < -0.3 is 10.1 Å². The Balaban J connectivity index is 2.08. The molecule has 1 aliphatic rings. The van der Waals surface area contributed by atoms with Crippen molar-refractivity contribution in [3.05, 3.63) is 0 Å². The summed E-state index contributed by atoms with van der Waals surface area (Å²) in [6.07, 6.45) is 4.14. The Kier molecular flexibility index (Phi) is 3.53. The summed E-state index contributed by atoms with van der Waals surface area (Å²) in [4.78, 5) is 0. The number of methoxy groups -OCH3 is 1. The summed E-state index contributed by atoms with van der Waals surface area (Å²) in [7, 11) is 1.75. The molecule has 0 aromatic carbocycles. The average molecular weight is 171 g/mol. The summed E-state index contributed by atoms with van der Waals surface area (Å²) in [5.41, 5.74) is 0.655. The van der Waals surface area contributed by atoms with Gasteiger partial charge >= 0.3 is 0 Å². The standard InChI is InChI=1S/C10H21NO/c1-4-10(5-6-10)8-11-9(2)7-12-3/h9,11H,4-8H2,1-3H3. The number of nitrogens with one attached hydrogen (secondary N) is 1. The zero-order chi connectivity index (χ0) is 9.03. The molecule has 0 heterocycles. The van der Waals surface area contributed by atoms with Crippen molar-refractivity contribution in [2.45, 2.75) is 39.2 Å². The monoisotopic (exact) mass is 171 g/mol. The van der Waals surface area contributed by atoms with E-state index in [-0.39, 0.29) is 0 Å². The van der Waals surface area contributed by atoms with Gasteiger partial charge in [-0.1, -0.05) is 6.92 Å². The first-order chi connectivity index (χ1) is 5.72. The minimum absolute atomic E-state index is 0.499. The third kappa shape index (κ3) is 2.76. The first kappa shape index (κ1) is 10.0. The molecule has 1 unspecified atom stereocenters. The highest BCUT2D eigenvalue weighted by atomic mass is 16.5. The van der Waals surface area contributed by atoms with Gasteiger partial charge in [0, 0.05) is 19.7 Å². The Bertz CT molecular complexity index is 132. The lowest BCUT2D eigenvalue weighted by Gasteiger charge is -2.17. The quantitative estimate of drug-likeness (QED) is 0.658. The fourth-order valence-corrected chi connectivity index (χ4v) is 1.53. The van der Waals surface area contributed by atoms with Gasteiger partial charge in [-0.25, -0.2) is 0 Å². The molecule has 0 aliphatic heterocycles. The van der Waals surface area contributed by atoms with Crippen LogP contribution in [0.3, 0.4) is 0 Å².